The van der Waals surface area contributed by atoms with Gasteiger partial charge in [-0.15, -0.1) is 0 Å². The molecular formula is C7H12N2O3. The fraction of sp³-hybridized carbons (Fsp3) is 0.714. The molecule has 0 bridgehead atoms. The highest BCUT2D eigenvalue weighted by Crippen LogP contribution is 2.28. The quantitative estimate of drug-likeness (QED) is 0.584. The topological polar surface area (TPSA) is 83.6 Å². The molecule has 5 nitrogen and oxygen atoms in total. The van der Waals surface area contributed by atoms with Crippen LogP contribution < -0.4 is 5.73 Å². The van der Waals surface area contributed by atoms with E-state index in [4.69, 9.17) is 10.8 Å². The molecule has 12 heavy (non-hydrogen) atoms. The summed E-state index contributed by atoms with van der Waals surface area (Å²) in [6, 6.07) is 0. The first-order valence-electron chi connectivity index (χ1n) is 3.79. The van der Waals surface area contributed by atoms with Gasteiger partial charge in [0.2, 0.25) is 5.91 Å². The predicted molar refractivity (Wildman–Crippen MR) is 41.6 cm³/mol. The molecule has 5 heteroatoms. The monoisotopic (exact) mass is 172 g/mol. The van der Waals surface area contributed by atoms with E-state index in [2.05, 4.69) is 0 Å². The molecule has 0 radical (unpaired) electrons. The van der Waals surface area contributed by atoms with Gasteiger partial charge in [-0.1, -0.05) is 0 Å². The van der Waals surface area contributed by atoms with Crippen molar-refractivity contribution in [3.8, 4) is 0 Å². The molecule has 2 amide bonds. The Kier molecular flexibility index (Phi) is 1.95. The van der Waals surface area contributed by atoms with Crippen LogP contribution in [0.25, 0.3) is 0 Å². The molecule has 1 saturated heterocycles. The molecule has 1 rings (SSSR count). The molecule has 1 fully saturated rings. The summed E-state index contributed by atoms with van der Waals surface area (Å²) in [5.74, 6) is -0.567. The maximum atomic E-state index is 11.0. The van der Waals surface area contributed by atoms with Crippen LogP contribution in [0, 0.1) is 0 Å². The molecule has 1 unspecified atom stereocenters. The van der Waals surface area contributed by atoms with Gasteiger partial charge in [-0.05, 0) is 19.8 Å². The highest BCUT2D eigenvalue weighted by Gasteiger charge is 2.44. The first-order chi connectivity index (χ1) is 5.48. The molecule has 3 N–H and O–H groups in total. The van der Waals surface area contributed by atoms with E-state index in [1.54, 1.807) is 6.92 Å². The molecule has 1 heterocycles. The maximum absolute atomic E-state index is 11.0. The van der Waals surface area contributed by atoms with Gasteiger partial charge in [-0.2, -0.15) is 0 Å². The van der Waals surface area contributed by atoms with Crippen LogP contribution in [-0.2, 0) is 4.79 Å². The number of carbonyl (C=O) groups is 2. The SMILES string of the molecule is CC1(C(N)=O)CCCN1C(=O)O. The van der Waals surface area contributed by atoms with Gasteiger partial charge < -0.3 is 10.8 Å². The number of carbonyl (C=O) groups excluding carboxylic acids is 1. The van der Waals surface area contributed by atoms with Crippen LogP contribution >= 0.6 is 0 Å². The summed E-state index contributed by atoms with van der Waals surface area (Å²) in [6.07, 6.45) is 0.147. The molecule has 0 saturated carbocycles. The fourth-order valence-electron chi connectivity index (χ4n) is 1.53. The lowest BCUT2D eigenvalue weighted by atomic mass is 9.99. The van der Waals surface area contributed by atoms with E-state index in [1.807, 2.05) is 0 Å². The molecule has 68 valence electrons. The number of primary amides is 1. The van der Waals surface area contributed by atoms with Gasteiger partial charge in [-0.25, -0.2) is 4.79 Å². The van der Waals surface area contributed by atoms with Crippen LogP contribution in [0.15, 0.2) is 0 Å². The summed E-state index contributed by atoms with van der Waals surface area (Å²) < 4.78 is 0. The van der Waals surface area contributed by atoms with E-state index < -0.39 is 17.5 Å². The van der Waals surface area contributed by atoms with Crippen LogP contribution in [0.2, 0.25) is 0 Å². The summed E-state index contributed by atoms with van der Waals surface area (Å²) in [5.41, 5.74) is 4.12. The minimum atomic E-state index is -1.08. The summed E-state index contributed by atoms with van der Waals surface area (Å²) in [6.45, 7) is 1.96. The second-order valence-corrected chi connectivity index (χ2v) is 3.18. The third-order valence-corrected chi connectivity index (χ3v) is 2.40. The zero-order valence-electron chi connectivity index (χ0n) is 6.91. The number of likely N-dealkylation sites (tertiary alicyclic amines) is 1. The first kappa shape index (κ1) is 8.83. The Labute approximate surface area is 70.1 Å². The van der Waals surface area contributed by atoms with Crippen LogP contribution in [0.5, 0.6) is 0 Å². The molecule has 0 aromatic heterocycles. The maximum Gasteiger partial charge on any atom is 0.408 e. The second kappa shape index (κ2) is 2.66. The Morgan fingerprint density at radius 1 is 1.58 bits per heavy atom. The molecule has 0 spiro atoms. The Bertz CT molecular complexity index is 229. The minimum Gasteiger partial charge on any atom is -0.465 e. The van der Waals surface area contributed by atoms with Crippen molar-refractivity contribution >= 4 is 12.0 Å². The first-order valence-corrected chi connectivity index (χ1v) is 3.79. The Balaban J connectivity index is 2.89. The molecule has 0 aliphatic carbocycles. The minimum absolute atomic E-state index is 0.398. The Hall–Kier alpha value is -1.26. The van der Waals surface area contributed by atoms with E-state index >= 15 is 0 Å². The van der Waals surface area contributed by atoms with E-state index in [0.29, 0.717) is 19.4 Å². The van der Waals surface area contributed by atoms with Gasteiger partial charge >= 0.3 is 6.09 Å². The van der Waals surface area contributed by atoms with E-state index in [-0.39, 0.29) is 0 Å². The van der Waals surface area contributed by atoms with Crippen molar-refractivity contribution in [1.82, 2.24) is 4.90 Å². The average molecular weight is 172 g/mol. The van der Waals surface area contributed by atoms with Gasteiger partial charge in [0.25, 0.3) is 0 Å². The highest BCUT2D eigenvalue weighted by atomic mass is 16.4. The van der Waals surface area contributed by atoms with Crippen molar-refractivity contribution in [2.75, 3.05) is 6.54 Å². The van der Waals surface area contributed by atoms with Crippen LogP contribution in [0.3, 0.4) is 0 Å². The number of rotatable bonds is 1. The van der Waals surface area contributed by atoms with E-state index in [1.165, 1.54) is 0 Å². The Morgan fingerprint density at radius 2 is 2.17 bits per heavy atom. The normalized spacial score (nSPS) is 28.9. The summed E-state index contributed by atoms with van der Waals surface area (Å²) in [4.78, 5) is 22.7. The van der Waals surface area contributed by atoms with Crippen molar-refractivity contribution in [2.45, 2.75) is 25.3 Å². The summed E-state index contributed by atoms with van der Waals surface area (Å²) in [5, 5.41) is 8.72. The van der Waals surface area contributed by atoms with Gasteiger partial charge in [0, 0.05) is 6.54 Å². The fourth-order valence-corrected chi connectivity index (χ4v) is 1.53. The summed E-state index contributed by atoms with van der Waals surface area (Å²) >= 11 is 0. The largest absolute Gasteiger partial charge is 0.465 e. The number of hydrogen-bond acceptors (Lipinski definition) is 2. The zero-order valence-corrected chi connectivity index (χ0v) is 6.91. The van der Waals surface area contributed by atoms with Gasteiger partial charge in [-0.3, -0.25) is 9.69 Å². The van der Waals surface area contributed by atoms with E-state index in [9.17, 15) is 9.59 Å². The average Bonchev–Trinajstić information content (AvgIpc) is 2.32. The molecule has 1 atom stereocenters. The number of amides is 2. The van der Waals surface area contributed by atoms with E-state index in [0.717, 1.165) is 4.90 Å². The predicted octanol–water partition coefficient (Wildman–Crippen LogP) is 0.00420. The lowest BCUT2D eigenvalue weighted by molar-refractivity contribution is -0.126. The lowest BCUT2D eigenvalue weighted by Gasteiger charge is -2.29. The third-order valence-electron chi connectivity index (χ3n) is 2.40. The second-order valence-electron chi connectivity index (χ2n) is 3.18. The van der Waals surface area contributed by atoms with Crippen molar-refractivity contribution in [2.24, 2.45) is 5.73 Å². The van der Waals surface area contributed by atoms with Crippen molar-refractivity contribution < 1.29 is 14.7 Å². The van der Waals surface area contributed by atoms with Crippen LogP contribution in [0.4, 0.5) is 4.79 Å². The van der Waals surface area contributed by atoms with Crippen LogP contribution in [-0.4, -0.2) is 34.1 Å². The van der Waals surface area contributed by atoms with Gasteiger partial charge in [0.05, 0.1) is 0 Å². The van der Waals surface area contributed by atoms with Gasteiger partial charge in [0.15, 0.2) is 0 Å². The van der Waals surface area contributed by atoms with Gasteiger partial charge in [0.1, 0.15) is 5.54 Å². The number of carboxylic acid groups (broad SMARTS) is 1. The number of nitrogens with zero attached hydrogens (tertiary/aromatic N) is 1. The number of hydrogen-bond donors (Lipinski definition) is 2. The van der Waals surface area contributed by atoms with Crippen molar-refractivity contribution in [3.05, 3.63) is 0 Å². The molecule has 1 aliphatic rings. The zero-order chi connectivity index (χ0) is 9.35. The van der Waals surface area contributed by atoms with Crippen LogP contribution in [0.1, 0.15) is 19.8 Å². The van der Waals surface area contributed by atoms with Crippen molar-refractivity contribution in [3.63, 3.8) is 0 Å². The smallest absolute Gasteiger partial charge is 0.408 e. The molecule has 0 aromatic carbocycles. The molecule has 0 aromatic rings. The third kappa shape index (κ3) is 1.11. The number of nitrogens with two attached hydrogens (primary N) is 1. The Morgan fingerprint density at radius 3 is 2.50 bits per heavy atom. The highest BCUT2D eigenvalue weighted by molar-refractivity contribution is 5.88. The molecule has 1 aliphatic heterocycles. The standard InChI is InChI=1S/C7H12N2O3/c1-7(5(8)10)3-2-4-9(7)6(11)12/h2-4H2,1H3,(H2,8,10)(H,11,12). The molecular weight excluding hydrogens is 160 g/mol. The van der Waals surface area contributed by atoms with Crippen molar-refractivity contribution in [1.29, 1.82) is 0 Å². The lowest BCUT2D eigenvalue weighted by Crippen LogP contribution is -2.53. The summed E-state index contributed by atoms with van der Waals surface area (Å²) in [7, 11) is 0.